The molecule has 0 aromatic rings. The van der Waals surface area contributed by atoms with Crippen LogP contribution in [0.4, 0.5) is 13.2 Å². The molecular formula is C25H36F3N5O4. The van der Waals surface area contributed by atoms with Gasteiger partial charge in [-0.15, -0.1) is 0 Å². The van der Waals surface area contributed by atoms with Crippen molar-refractivity contribution in [2.45, 2.75) is 84.6 Å². The number of hydrogen-bond donors (Lipinski definition) is 3. The quantitative estimate of drug-likeness (QED) is 0.444. The van der Waals surface area contributed by atoms with Gasteiger partial charge >= 0.3 is 12.1 Å². The largest absolute Gasteiger partial charge is 0.471 e. The van der Waals surface area contributed by atoms with Crippen molar-refractivity contribution in [2.24, 2.45) is 28.6 Å². The summed E-state index contributed by atoms with van der Waals surface area (Å²) in [5, 5.41) is 16.6. The van der Waals surface area contributed by atoms with Crippen molar-refractivity contribution >= 4 is 23.6 Å². The molecule has 0 aromatic heterocycles. The Morgan fingerprint density at radius 3 is 2.38 bits per heavy atom. The summed E-state index contributed by atoms with van der Waals surface area (Å²) in [7, 11) is 0. The third-order valence-electron chi connectivity index (χ3n) is 8.11. The van der Waals surface area contributed by atoms with E-state index in [1.165, 1.54) is 4.90 Å². The summed E-state index contributed by atoms with van der Waals surface area (Å²) in [6.45, 7) is 9.60. The van der Waals surface area contributed by atoms with Gasteiger partial charge in [0.1, 0.15) is 6.04 Å². The number of hydrogen-bond acceptors (Lipinski definition) is 5. The van der Waals surface area contributed by atoms with Gasteiger partial charge in [-0.25, -0.2) is 0 Å². The lowest BCUT2D eigenvalue weighted by Crippen LogP contribution is -2.59. The topological polar surface area (TPSA) is 131 Å². The van der Waals surface area contributed by atoms with Crippen LogP contribution in [0.15, 0.2) is 0 Å². The van der Waals surface area contributed by atoms with Crippen LogP contribution >= 0.6 is 0 Å². The fourth-order valence-electron chi connectivity index (χ4n) is 5.95. The van der Waals surface area contributed by atoms with Crippen LogP contribution in [-0.2, 0) is 19.2 Å². The van der Waals surface area contributed by atoms with E-state index in [0.717, 1.165) is 0 Å². The predicted molar refractivity (Wildman–Crippen MR) is 126 cm³/mol. The second kappa shape index (κ2) is 10.1. The van der Waals surface area contributed by atoms with Crippen molar-refractivity contribution in [3.05, 3.63) is 0 Å². The monoisotopic (exact) mass is 527 g/mol. The van der Waals surface area contributed by atoms with Gasteiger partial charge in [0.25, 0.3) is 0 Å². The Kier molecular flexibility index (Phi) is 7.87. The van der Waals surface area contributed by atoms with Gasteiger partial charge in [-0.2, -0.15) is 18.4 Å². The van der Waals surface area contributed by atoms with Crippen molar-refractivity contribution in [1.29, 1.82) is 5.26 Å². The van der Waals surface area contributed by atoms with E-state index in [1.54, 1.807) is 20.8 Å². The maximum Gasteiger partial charge on any atom is 0.471 e. The zero-order valence-corrected chi connectivity index (χ0v) is 21.9. The highest BCUT2D eigenvalue weighted by Crippen LogP contribution is 2.65. The average Bonchev–Trinajstić information content (AvgIpc) is 3.07. The predicted octanol–water partition coefficient (Wildman–Crippen LogP) is 1.88. The zero-order chi connectivity index (χ0) is 27.9. The van der Waals surface area contributed by atoms with Gasteiger partial charge in [0, 0.05) is 37.5 Å². The Balaban J connectivity index is 1.75. The number of nitrogens with one attached hydrogen (secondary N) is 3. The second-order valence-electron chi connectivity index (χ2n) is 12.1. The number of carbonyl (C=O) groups excluding carboxylic acids is 4. The number of halogens is 3. The van der Waals surface area contributed by atoms with Crippen molar-refractivity contribution in [3.8, 4) is 6.07 Å². The number of alkyl halides is 3. The normalized spacial score (nSPS) is 28.0. The van der Waals surface area contributed by atoms with Gasteiger partial charge in [-0.05, 0) is 35.5 Å². The van der Waals surface area contributed by atoms with Crippen molar-refractivity contribution in [2.75, 3.05) is 13.1 Å². The highest BCUT2D eigenvalue weighted by molar-refractivity contribution is 5.91. The number of rotatable bonds is 8. The summed E-state index contributed by atoms with van der Waals surface area (Å²) in [4.78, 5) is 51.7. The highest BCUT2D eigenvalue weighted by Gasteiger charge is 2.68. The summed E-state index contributed by atoms with van der Waals surface area (Å²) in [5.74, 6) is -3.56. The Bertz CT molecular complexity index is 984. The first kappa shape index (κ1) is 28.7. The molecule has 12 heteroatoms. The molecule has 0 spiro atoms. The smallest absolute Gasteiger partial charge is 0.356 e. The summed E-state index contributed by atoms with van der Waals surface area (Å²) in [5.41, 5.74) is -1.14. The zero-order valence-electron chi connectivity index (χ0n) is 21.9. The van der Waals surface area contributed by atoms with Crippen molar-refractivity contribution in [3.63, 3.8) is 0 Å². The van der Waals surface area contributed by atoms with Gasteiger partial charge in [0.2, 0.25) is 17.7 Å². The highest BCUT2D eigenvalue weighted by atomic mass is 19.4. The third-order valence-corrected chi connectivity index (χ3v) is 8.11. The maximum absolute atomic E-state index is 13.5. The number of piperidine rings is 1. The van der Waals surface area contributed by atoms with Gasteiger partial charge in [0.15, 0.2) is 0 Å². The van der Waals surface area contributed by atoms with Gasteiger partial charge < -0.3 is 20.9 Å². The van der Waals surface area contributed by atoms with E-state index in [4.69, 9.17) is 0 Å². The van der Waals surface area contributed by atoms with E-state index < -0.39 is 47.4 Å². The Labute approximate surface area is 214 Å². The molecule has 206 valence electrons. The minimum atomic E-state index is -5.13. The van der Waals surface area contributed by atoms with Crippen LogP contribution in [0.2, 0.25) is 0 Å². The molecule has 0 radical (unpaired) electrons. The SMILES string of the molecule is CC(C)(C)[C@H](NC(=O)C(F)(F)F)C(=O)N1C[C@H]2[C@@H]([C@H]1CC(=O)N[C@H](CC#N)C[C@@H]1CCNC1=O)C2(C)C. The van der Waals surface area contributed by atoms with E-state index in [1.807, 2.05) is 25.2 Å². The van der Waals surface area contributed by atoms with Crippen LogP contribution in [-0.4, -0.2) is 65.9 Å². The van der Waals surface area contributed by atoms with Crippen molar-refractivity contribution < 1.29 is 32.3 Å². The van der Waals surface area contributed by atoms with E-state index in [0.29, 0.717) is 19.4 Å². The Morgan fingerprint density at radius 2 is 1.86 bits per heavy atom. The van der Waals surface area contributed by atoms with Crippen LogP contribution in [0.25, 0.3) is 0 Å². The molecule has 3 N–H and O–H groups in total. The average molecular weight is 528 g/mol. The molecule has 6 atom stereocenters. The van der Waals surface area contributed by atoms with Crippen LogP contribution in [0.5, 0.6) is 0 Å². The van der Waals surface area contributed by atoms with Crippen molar-refractivity contribution in [1.82, 2.24) is 20.9 Å². The molecule has 4 amide bonds. The molecular weight excluding hydrogens is 491 g/mol. The lowest BCUT2D eigenvalue weighted by molar-refractivity contribution is -0.176. The third kappa shape index (κ3) is 6.18. The number of nitriles is 1. The second-order valence-corrected chi connectivity index (χ2v) is 12.1. The molecule has 37 heavy (non-hydrogen) atoms. The minimum absolute atomic E-state index is 0.0174. The maximum atomic E-state index is 13.5. The summed E-state index contributed by atoms with van der Waals surface area (Å²) in [6, 6.07) is -0.491. The molecule has 3 fully saturated rings. The molecule has 2 aliphatic heterocycles. The molecule has 3 aliphatic rings. The molecule has 1 saturated carbocycles. The molecule has 2 saturated heterocycles. The fraction of sp³-hybridized carbons (Fsp3) is 0.800. The van der Waals surface area contributed by atoms with E-state index in [2.05, 4.69) is 10.6 Å². The number of nitrogens with zero attached hydrogens (tertiary/aromatic N) is 2. The van der Waals surface area contributed by atoms with Crippen LogP contribution < -0.4 is 16.0 Å². The van der Waals surface area contributed by atoms with Gasteiger partial charge in [-0.3, -0.25) is 19.2 Å². The van der Waals surface area contributed by atoms with Crippen LogP contribution in [0.1, 0.15) is 60.3 Å². The molecule has 0 bridgehead atoms. The lowest BCUT2D eigenvalue weighted by Gasteiger charge is -2.38. The number of amides is 4. The number of likely N-dealkylation sites (tertiary alicyclic amines) is 1. The molecule has 0 aromatic carbocycles. The van der Waals surface area contributed by atoms with E-state index >= 15 is 0 Å². The first-order chi connectivity index (χ1) is 17.0. The van der Waals surface area contributed by atoms with E-state index in [9.17, 15) is 37.6 Å². The Hall–Kier alpha value is -2.84. The lowest BCUT2D eigenvalue weighted by atomic mass is 9.85. The van der Waals surface area contributed by atoms with Gasteiger partial charge in [0.05, 0.1) is 12.5 Å². The van der Waals surface area contributed by atoms with Crippen LogP contribution in [0.3, 0.4) is 0 Å². The summed E-state index contributed by atoms with van der Waals surface area (Å²) in [6.07, 6.45) is -4.25. The van der Waals surface area contributed by atoms with E-state index in [-0.39, 0.29) is 48.5 Å². The molecule has 2 heterocycles. The molecule has 9 nitrogen and oxygen atoms in total. The first-order valence-corrected chi connectivity index (χ1v) is 12.6. The fourth-order valence-corrected chi connectivity index (χ4v) is 5.95. The summed E-state index contributed by atoms with van der Waals surface area (Å²) >= 11 is 0. The Morgan fingerprint density at radius 1 is 1.22 bits per heavy atom. The molecule has 1 aliphatic carbocycles. The molecule has 3 rings (SSSR count). The van der Waals surface area contributed by atoms with Gasteiger partial charge in [-0.1, -0.05) is 34.6 Å². The molecule has 0 unspecified atom stereocenters. The number of fused-ring (bicyclic) bond motifs is 1. The summed E-state index contributed by atoms with van der Waals surface area (Å²) < 4.78 is 38.9. The first-order valence-electron chi connectivity index (χ1n) is 12.6. The number of carbonyl (C=O) groups is 4. The van der Waals surface area contributed by atoms with Crippen LogP contribution in [0, 0.1) is 39.9 Å². The standard InChI is InChI=1S/C25H36F3N5O4/c1-23(2,3)19(32-22(37)25(26,27)28)21(36)33-12-15-18(24(15,4)5)16(33)11-17(34)31-14(6-8-29)10-13-7-9-30-20(13)35/h13-16,18-19H,6-7,9-12H2,1-5H3,(H,30,35)(H,31,34)(H,32,37)/t13-,14+,15-,16+,18-,19+/m0/s1. The minimum Gasteiger partial charge on any atom is -0.356 e.